The highest BCUT2D eigenvalue weighted by Crippen LogP contribution is 2.28. The molecule has 0 fully saturated rings. The minimum atomic E-state index is -0.318. The molecule has 2 aromatic carbocycles. The number of carbonyl (C=O) groups is 1. The van der Waals surface area contributed by atoms with Crippen molar-refractivity contribution < 1.29 is 18.7 Å². The van der Waals surface area contributed by atoms with Crippen LogP contribution in [0.1, 0.15) is 24.1 Å². The lowest BCUT2D eigenvalue weighted by atomic mass is 10.1. The molecule has 0 aliphatic rings. The van der Waals surface area contributed by atoms with Crippen LogP contribution in [0.25, 0.3) is 0 Å². The molecule has 0 aliphatic carbocycles. The third-order valence-electron chi connectivity index (χ3n) is 3.97. The first-order valence-corrected chi connectivity index (χ1v) is 7.68. The van der Waals surface area contributed by atoms with E-state index in [1.165, 1.54) is 24.1 Å². The van der Waals surface area contributed by atoms with Gasteiger partial charge < -0.3 is 14.4 Å². The Morgan fingerprint density at radius 2 is 1.92 bits per heavy atom. The lowest BCUT2D eigenvalue weighted by Gasteiger charge is -2.25. The number of nitrogens with zero attached hydrogens (tertiary/aromatic N) is 2. The molecule has 0 aromatic heterocycles. The largest absolute Gasteiger partial charge is 0.493 e. The number of benzene rings is 2. The van der Waals surface area contributed by atoms with Crippen molar-refractivity contribution in [2.75, 3.05) is 20.8 Å². The summed E-state index contributed by atoms with van der Waals surface area (Å²) in [5.41, 5.74) is 1.27. The van der Waals surface area contributed by atoms with Crippen LogP contribution in [-0.4, -0.2) is 31.6 Å². The fourth-order valence-corrected chi connectivity index (χ4v) is 2.28. The number of hydrogen-bond donors (Lipinski definition) is 0. The molecule has 0 saturated carbocycles. The van der Waals surface area contributed by atoms with Crippen LogP contribution in [0.3, 0.4) is 0 Å². The Kier molecular flexibility index (Phi) is 5.96. The van der Waals surface area contributed by atoms with Gasteiger partial charge in [-0.1, -0.05) is 12.1 Å². The molecule has 0 heterocycles. The topological polar surface area (TPSA) is 62.6 Å². The van der Waals surface area contributed by atoms with E-state index in [1.54, 1.807) is 37.4 Å². The summed E-state index contributed by atoms with van der Waals surface area (Å²) in [5, 5.41) is 8.90. The number of amides is 1. The first-order valence-electron chi connectivity index (χ1n) is 7.68. The molecule has 6 heteroatoms. The summed E-state index contributed by atoms with van der Waals surface area (Å²) in [7, 11) is 3.13. The number of methoxy groups -OCH3 is 1. The van der Waals surface area contributed by atoms with E-state index in [0.29, 0.717) is 17.1 Å². The van der Waals surface area contributed by atoms with E-state index < -0.39 is 0 Å². The van der Waals surface area contributed by atoms with Crippen LogP contribution in [0.4, 0.5) is 4.39 Å². The van der Waals surface area contributed by atoms with Gasteiger partial charge in [0.15, 0.2) is 18.1 Å². The molecule has 1 amide bonds. The Morgan fingerprint density at radius 1 is 1.24 bits per heavy atom. The van der Waals surface area contributed by atoms with Gasteiger partial charge in [-0.25, -0.2) is 4.39 Å². The van der Waals surface area contributed by atoms with Gasteiger partial charge in [0.25, 0.3) is 5.91 Å². The summed E-state index contributed by atoms with van der Waals surface area (Å²) in [6.07, 6.45) is 0. The van der Waals surface area contributed by atoms with Gasteiger partial charge >= 0.3 is 0 Å². The number of carbonyl (C=O) groups excluding carboxylic acids is 1. The molecule has 2 rings (SSSR count). The molecule has 0 N–H and O–H groups in total. The van der Waals surface area contributed by atoms with Crippen molar-refractivity contribution in [2.45, 2.75) is 13.0 Å². The predicted molar refractivity (Wildman–Crippen MR) is 90.8 cm³/mol. The van der Waals surface area contributed by atoms with Crippen molar-refractivity contribution in [3.8, 4) is 17.6 Å². The third kappa shape index (κ3) is 4.48. The SMILES string of the molecule is COc1cc(C#N)ccc1OCC(=O)N(C)[C@H](C)c1ccc(F)cc1. The fourth-order valence-electron chi connectivity index (χ4n) is 2.28. The zero-order chi connectivity index (χ0) is 18.4. The highest BCUT2D eigenvalue weighted by atomic mass is 19.1. The third-order valence-corrected chi connectivity index (χ3v) is 3.97. The van der Waals surface area contributed by atoms with Gasteiger partial charge in [0.1, 0.15) is 5.82 Å². The van der Waals surface area contributed by atoms with E-state index >= 15 is 0 Å². The maximum Gasteiger partial charge on any atom is 0.260 e. The quantitative estimate of drug-likeness (QED) is 0.808. The maximum atomic E-state index is 13.0. The van der Waals surface area contributed by atoms with E-state index in [1.807, 2.05) is 13.0 Å². The molecule has 2 aromatic rings. The van der Waals surface area contributed by atoms with Gasteiger partial charge in [-0.2, -0.15) is 5.26 Å². The van der Waals surface area contributed by atoms with Gasteiger partial charge in [0.05, 0.1) is 24.8 Å². The van der Waals surface area contributed by atoms with Crippen molar-refractivity contribution in [3.05, 3.63) is 59.4 Å². The van der Waals surface area contributed by atoms with Crippen molar-refractivity contribution in [1.82, 2.24) is 4.90 Å². The van der Waals surface area contributed by atoms with E-state index in [0.717, 1.165) is 5.56 Å². The average molecular weight is 342 g/mol. The van der Waals surface area contributed by atoms with Gasteiger partial charge in [-0.15, -0.1) is 0 Å². The van der Waals surface area contributed by atoms with Crippen molar-refractivity contribution >= 4 is 5.91 Å². The Hall–Kier alpha value is -3.07. The average Bonchev–Trinajstić information content (AvgIpc) is 2.65. The van der Waals surface area contributed by atoms with Crippen molar-refractivity contribution in [1.29, 1.82) is 5.26 Å². The molecule has 0 unspecified atom stereocenters. The smallest absolute Gasteiger partial charge is 0.260 e. The number of rotatable bonds is 6. The Morgan fingerprint density at radius 3 is 2.52 bits per heavy atom. The van der Waals surface area contributed by atoms with Gasteiger partial charge in [0.2, 0.25) is 0 Å². The zero-order valence-electron chi connectivity index (χ0n) is 14.3. The number of ether oxygens (including phenoxy) is 2. The van der Waals surface area contributed by atoms with E-state index in [-0.39, 0.29) is 24.4 Å². The minimum absolute atomic E-state index is 0.176. The summed E-state index contributed by atoms with van der Waals surface area (Å²) in [4.78, 5) is 13.9. The van der Waals surface area contributed by atoms with Crippen molar-refractivity contribution in [3.63, 3.8) is 0 Å². The highest BCUT2D eigenvalue weighted by Gasteiger charge is 2.18. The fraction of sp³-hybridized carbons (Fsp3) is 0.263. The maximum absolute atomic E-state index is 13.0. The normalized spacial score (nSPS) is 11.3. The summed E-state index contributed by atoms with van der Waals surface area (Å²) in [5.74, 6) is 0.225. The highest BCUT2D eigenvalue weighted by molar-refractivity contribution is 5.78. The standard InChI is InChI=1S/C19H19FN2O3/c1-13(15-5-7-16(20)8-6-15)22(2)19(23)12-25-17-9-4-14(11-21)10-18(17)24-3/h4-10,13H,12H2,1-3H3/t13-/m1/s1. The number of halogens is 1. The summed E-state index contributed by atoms with van der Waals surface area (Å²) >= 11 is 0. The number of hydrogen-bond acceptors (Lipinski definition) is 4. The molecule has 130 valence electrons. The lowest BCUT2D eigenvalue weighted by molar-refractivity contribution is -0.134. The first-order chi connectivity index (χ1) is 12.0. The van der Waals surface area contributed by atoms with Crippen LogP contribution in [-0.2, 0) is 4.79 Å². The Labute approximate surface area is 146 Å². The summed E-state index contributed by atoms with van der Waals surface area (Å²) in [6.45, 7) is 1.68. The minimum Gasteiger partial charge on any atom is -0.493 e. The molecule has 1 atom stereocenters. The van der Waals surface area contributed by atoms with Crippen LogP contribution in [0, 0.1) is 17.1 Å². The Bertz CT molecular complexity index is 784. The summed E-state index contributed by atoms with van der Waals surface area (Å²) < 4.78 is 23.7. The molecule has 25 heavy (non-hydrogen) atoms. The van der Waals surface area contributed by atoms with Crippen LogP contribution in [0.2, 0.25) is 0 Å². The van der Waals surface area contributed by atoms with Crippen LogP contribution < -0.4 is 9.47 Å². The molecule has 5 nitrogen and oxygen atoms in total. The van der Waals surface area contributed by atoms with Gasteiger partial charge in [-0.3, -0.25) is 4.79 Å². The zero-order valence-corrected chi connectivity index (χ0v) is 14.3. The van der Waals surface area contributed by atoms with Crippen molar-refractivity contribution in [2.24, 2.45) is 0 Å². The van der Waals surface area contributed by atoms with Crippen LogP contribution >= 0.6 is 0 Å². The first kappa shape index (κ1) is 18.3. The van der Waals surface area contributed by atoms with Gasteiger partial charge in [-0.05, 0) is 36.8 Å². The lowest BCUT2D eigenvalue weighted by Crippen LogP contribution is -2.33. The van der Waals surface area contributed by atoms with Crippen LogP contribution in [0.5, 0.6) is 11.5 Å². The molecule has 0 aliphatic heterocycles. The predicted octanol–water partition coefficient (Wildman–Crippen LogP) is 3.30. The summed E-state index contributed by atoms with van der Waals surface area (Å²) in [6, 6.07) is 12.5. The molecular weight excluding hydrogens is 323 g/mol. The van der Waals surface area contributed by atoms with E-state index in [4.69, 9.17) is 14.7 Å². The second-order valence-electron chi connectivity index (χ2n) is 5.50. The molecular formula is C19H19FN2O3. The molecule has 0 saturated heterocycles. The molecule has 0 bridgehead atoms. The molecule has 0 spiro atoms. The second-order valence-corrected chi connectivity index (χ2v) is 5.50. The second kappa shape index (κ2) is 8.15. The van der Waals surface area contributed by atoms with Crippen LogP contribution in [0.15, 0.2) is 42.5 Å². The van der Waals surface area contributed by atoms with E-state index in [2.05, 4.69) is 0 Å². The number of nitriles is 1. The van der Waals surface area contributed by atoms with Gasteiger partial charge in [0, 0.05) is 13.1 Å². The molecule has 0 radical (unpaired) electrons. The monoisotopic (exact) mass is 342 g/mol. The van der Waals surface area contributed by atoms with E-state index in [9.17, 15) is 9.18 Å². The Balaban J connectivity index is 2.02. The number of likely N-dealkylation sites (N-methyl/N-ethyl adjacent to an activating group) is 1.